The van der Waals surface area contributed by atoms with Crippen LogP contribution in [0.1, 0.15) is 51.9 Å². The highest BCUT2D eigenvalue weighted by Gasteiger charge is 2.35. The molecule has 1 heterocycles. The molecule has 0 atom stereocenters. The number of nitrogens with zero attached hydrogens (tertiary/aromatic N) is 4. The Labute approximate surface area is 201 Å². The van der Waals surface area contributed by atoms with E-state index in [4.69, 9.17) is 15.2 Å². The van der Waals surface area contributed by atoms with E-state index in [0.29, 0.717) is 4.90 Å². The molecule has 0 spiro atoms. The SMILES string of the molecule is COC(=O)c1cc(-c2ccnc(N(C(=O)OC(C)(C)C)C(=O)OC(C)(C)C)n2)cc(N)c1[N+](=O)[O-]. The van der Waals surface area contributed by atoms with Crippen LogP contribution >= 0.6 is 0 Å². The summed E-state index contributed by atoms with van der Waals surface area (Å²) in [6.45, 7) is 9.69. The Kier molecular flexibility index (Phi) is 7.63. The molecule has 13 nitrogen and oxygen atoms in total. The van der Waals surface area contributed by atoms with Crippen LogP contribution in [-0.4, -0.2) is 51.4 Å². The van der Waals surface area contributed by atoms with Crippen LogP contribution in [0.2, 0.25) is 0 Å². The third kappa shape index (κ3) is 6.85. The van der Waals surface area contributed by atoms with Crippen LogP contribution in [-0.2, 0) is 14.2 Å². The second-order valence-corrected chi connectivity index (χ2v) is 9.25. The summed E-state index contributed by atoms with van der Waals surface area (Å²) in [6, 6.07) is 3.78. The van der Waals surface area contributed by atoms with Crippen molar-refractivity contribution in [2.24, 2.45) is 0 Å². The molecule has 0 unspecified atom stereocenters. The first-order chi connectivity index (χ1) is 16.0. The van der Waals surface area contributed by atoms with Gasteiger partial charge in [0.1, 0.15) is 22.5 Å². The number of nitrogen functional groups attached to an aromatic ring is 1. The van der Waals surface area contributed by atoms with Crippen LogP contribution in [0, 0.1) is 10.1 Å². The average Bonchev–Trinajstić information content (AvgIpc) is 2.69. The standard InChI is InChI=1S/C22H27N5O8/c1-21(2,3)34-19(29)26(20(30)35-22(4,5)6)18-24-9-8-15(25-18)12-10-13(17(28)33-7)16(27(31)32)14(23)11-12/h8-11H,23H2,1-7H3. The number of carbonyl (C=O) groups excluding carboxylic acids is 3. The fraction of sp³-hybridized carbons (Fsp3) is 0.409. The predicted molar refractivity (Wildman–Crippen MR) is 125 cm³/mol. The molecule has 0 saturated heterocycles. The second kappa shape index (κ2) is 9.91. The number of aromatic nitrogens is 2. The quantitative estimate of drug-likeness (QED) is 0.215. The van der Waals surface area contributed by atoms with E-state index in [1.54, 1.807) is 41.5 Å². The molecule has 13 heteroatoms. The van der Waals surface area contributed by atoms with Gasteiger partial charge < -0.3 is 19.9 Å². The molecule has 0 aliphatic carbocycles. The van der Waals surface area contributed by atoms with Gasteiger partial charge in [0.2, 0.25) is 5.95 Å². The van der Waals surface area contributed by atoms with Crippen molar-refractivity contribution in [1.82, 2.24) is 9.97 Å². The summed E-state index contributed by atoms with van der Waals surface area (Å²) in [5, 5.41) is 11.4. The second-order valence-electron chi connectivity index (χ2n) is 9.25. The van der Waals surface area contributed by atoms with Gasteiger partial charge in [-0.05, 0) is 59.7 Å². The zero-order chi connectivity index (χ0) is 26.7. The number of ether oxygens (including phenoxy) is 3. The Hall–Kier alpha value is -4.29. The zero-order valence-corrected chi connectivity index (χ0v) is 20.4. The topological polar surface area (TPSA) is 177 Å². The van der Waals surface area contributed by atoms with E-state index < -0.39 is 45.5 Å². The van der Waals surface area contributed by atoms with Crippen LogP contribution in [0.3, 0.4) is 0 Å². The first-order valence-electron chi connectivity index (χ1n) is 10.3. The molecule has 0 aliphatic rings. The maximum atomic E-state index is 12.9. The normalized spacial score (nSPS) is 11.4. The first kappa shape index (κ1) is 27.0. The minimum absolute atomic E-state index is 0.0962. The molecule has 0 saturated carbocycles. The summed E-state index contributed by atoms with van der Waals surface area (Å²) in [7, 11) is 1.07. The number of amides is 2. The number of hydrogen-bond acceptors (Lipinski definition) is 11. The fourth-order valence-electron chi connectivity index (χ4n) is 2.74. The summed E-state index contributed by atoms with van der Waals surface area (Å²) >= 11 is 0. The van der Waals surface area contributed by atoms with Crippen LogP contribution in [0.4, 0.5) is 26.9 Å². The number of hydrogen-bond donors (Lipinski definition) is 1. The van der Waals surface area contributed by atoms with Crippen LogP contribution in [0.15, 0.2) is 24.4 Å². The Morgan fingerprint density at radius 2 is 1.57 bits per heavy atom. The van der Waals surface area contributed by atoms with E-state index in [9.17, 15) is 24.5 Å². The van der Waals surface area contributed by atoms with Gasteiger partial charge in [-0.15, -0.1) is 4.90 Å². The molecule has 0 aliphatic heterocycles. The number of anilines is 2. The lowest BCUT2D eigenvalue weighted by molar-refractivity contribution is -0.384. The van der Waals surface area contributed by atoms with E-state index in [1.165, 1.54) is 18.3 Å². The smallest absolute Gasteiger partial charge is 0.427 e. The van der Waals surface area contributed by atoms with Crippen molar-refractivity contribution in [1.29, 1.82) is 0 Å². The molecule has 35 heavy (non-hydrogen) atoms. The first-order valence-corrected chi connectivity index (χ1v) is 10.3. The Bertz CT molecular complexity index is 1140. The van der Waals surface area contributed by atoms with Crippen LogP contribution in [0.25, 0.3) is 11.3 Å². The van der Waals surface area contributed by atoms with Gasteiger partial charge in [0.05, 0.1) is 17.7 Å². The number of nitro benzene ring substituents is 1. The highest BCUT2D eigenvalue weighted by Crippen LogP contribution is 2.33. The number of esters is 1. The van der Waals surface area contributed by atoms with Crippen molar-refractivity contribution in [2.75, 3.05) is 17.7 Å². The molecule has 1 aromatic carbocycles. The van der Waals surface area contributed by atoms with E-state index in [2.05, 4.69) is 14.7 Å². The third-order valence-corrected chi connectivity index (χ3v) is 4.02. The molecule has 2 N–H and O–H groups in total. The summed E-state index contributed by atoms with van der Waals surface area (Å²) in [6.07, 6.45) is -0.917. The molecule has 2 amide bonds. The number of rotatable bonds is 4. The molecular formula is C22H27N5O8. The largest absolute Gasteiger partial charge is 0.465 e. The number of carbonyl (C=O) groups is 3. The molecule has 2 aromatic rings. The average molecular weight is 489 g/mol. The summed E-state index contributed by atoms with van der Waals surface area (Å²) < 4.78 is 15.3. The van der Waals surface area contributed by atoms with Gasteiger partial charge in [0.15, 0.2) is 0 Å². The molecule has 0 fully saturated rings. The Morgan fingerprint density at radius 3 is 2.03 bits per heavy atom. The molecule has 188 valence electrons. The number of imide groups is 1. The Morgan fingerprint density at radius 1 is 1.03 bits per heavy atom. The minimum Gasteiger partial charge on any atom is -0.465 e. The Balaban J connectivity index is 2.64. The fourth-order valence-corrected chi connectivity index (χ4v) is 2.74. The zero-order valence-electron chi connectivity index (χ0n) is 20.4. The molecule has 2 rings (SSSR count). The summed E-state index contributed by atoms with van der Waals surface area (Å²) in [5.41, 5.74) is 2.87. The molecular weight excluding hydrogens is 462 g/mol. The van der Waals surface area contributed by atoms with Crippen LogP contribution < -0.4 is 10.6 Å². The van der Waals surface area contributed by atoms with Gasteiger partial charge in [-0.1, -0.05) is 0 Å². The molecule has 1 aromatic heterocycles. The lowest BCUT2D eigenvalue weighted by Gasteiger charge is -2.27. The van der Waals surface area contributed by atoms with E-state index in [-0.39, 0.29) is 22.9 Å². The van der Waals surface area contributed by atoms with Gasteiger partial charge in [-0.25, -0.2) is 24.4 Å². The summed E-state index contributed by atoms with van der Waals surface area (Å²) in [5.74, 6) is -1.37. The highest BCUT2D eigenvalue weighted by atomic mass is 16.6. The lowest BCUT2D eigenvalue weighted by Crippen LogP contribution is -2.44. The van der Waals surface area contributed by atoms with Gasteiger partial charge in [-0.2, -0.15) is 0 Å². The monoisotopic (exact) mass is 489 g/mol. The highest BCUT2D eigenvalue weighted by molar-refractivity contribution is 6.08. The van der Waals surface area contributed by atoms with E-state index >= 15 is 0 Å². The minimum atomic E-state index is -1.08. The third-order valence-electron chi connectivity index (χ3n) is 4.02. The summed E-state index contributed by atoms with van der Waals surface area (Å²) in [4.78, 5) is 57.2. The van der Waals surface area contributed by atoms with Crippen molar-refractivity contribution >= 4 is 35.5 Å². The maximum absolute atomic E-state index is 12.9. The van der Waals surface area contributed by atoms with Crippen molar-refractivity contribution in [3.63, 3.8) is 0 Å². The van der Waals surface area contributed by atoms with E-state index in [0.717, 1.165) is 13.2 Å². The van der Waals surface area contributed by atoms with Crippen molar-refractivity contribution in [3.05, 3.63) is 40.1 Å². The van der Waals surface area contributed by atoms with Crippen molar-refractivity contribution < 1.29 is 33.5 Å². The maximum Gasteiger partial charge on any atom is 0.427 e. The predicted octanol–water partition coefficient (Wildman–Crippen LogP) is 4.10. The molecule has 0 bridgehead atoms. The van der Waals surface area contributed by atoms with Gasteiger partial charge >= 0.3 is 23.8 Å². The number of nitrogens with two attached hydrogens (primary N) is 1. The van der Waals surface area contributed by atoms with E-state index in [1.807, 2.05) is 0 Å². The lowest BCUT2D eigenvalue weighted by atomic mass is 10.0. The van der Waals surface area contributed by atoms with Gasteiger partial charge in [0, 0.05) is 11.8 Å². The van der Waals surface area contributed by atoms with Crippen LogP contribution in [0.5, 0.6) is 0 Å². The van der Waals surface area contributed by atoms with Gasteiger partial charge in [-0.3, -0.25) is 10.1 Å². The van der Waals surface area contributed by atoms with Crippen molar-refractivity contribution in [3.8, 4) is 11.3 Å². The molecule has 0 radical (unpaired) electrons. The number of nitro groups is 1. The van der Waals surface area contributed by atoms with Gasteiger partial charge in [0.25, 0.3) is 0 Å². The number of benzene rings is 1. The number of methoxy groups -OCH3 is 1. The van der Waals surface area contributed by atoms with Crippen molar-refractivity contribution in [2.45, 2.75) is 52.7 Å².